The van der Waals surface area contributed by atoms with Gasteiger partial charge in [0.05, 0.1) is 18.4 Å². The van der Waals surface area contributed by atoms with Gasteiger partial charge >= 0.3 is 51.4 Å². The molecule has 2 amide bonds. The molecule has 3 atom stereocenters. The van der Waals surface area contributed by atoms with Gasteiger partial charge in [0.1, 0.15) is 11.4 Å². The zero-order chi connectivity index (χ0) is 16.1. The molecule has 23 heavy (non-hydrogen) atoms. The van der Waals surface area contributed by atoms with Crippen LogP contribution in [0, 0.1) is 0 Å². The molecule has 0 aromatic carbocycles. The fourth-order valence-corrected chi connectivity index (χ4v) is 5.01. The first kappa shape index (κ1) is 19.4. The summed E-state index contributed by atoms with van der Waals surface area (Å²) in [6, 6.07) is -1.64. The molecular weight excluding hydrogens is 365 g/mol. The minimum atomic E-state index is -1.26. The van der Waals surface area contributed by atoms with E-state index >= 15 is 0 Å². The molecule has 2 aliphatic rings. The maximum Gasteiger partial charge on any atom is 1.00 e. The van der Waals surface area contributed by atoms with E-state index in [4.69, 9.17) is 0 Å². The molecule has 1 N–H and O–H groups in total. The van der Waals surface area contributed by atoms with Crippen LogP contribution >= 0.6 is 23.3 Å². The van der Waals surface area contributed by atoms with Gasteiger partial charge in [0.15, 0.2) is 0 Å². The number of fused-ring (bicyclic) bond motifs is 1. The van der Waals surface area contributed by atoms with Gasteiger partial charge < -0.3 is 20.1 Å². The Labute approximate surface area is 184 Å². The summed E-state index contributed by atoms with van der Waals surface area (Å²) in [5.74, 6) is -1.90. The van der Waals surface area contributed by atoms with Crippen molar-refractivity contribution in [1.82, 2.24) is 14.6 Å². The average Bonchev–Trinajstić information content (AvgIpc) is 3.00. The summed E-state index contributed by atoms with van der Waals surface area (Å²) in [7, 11) is 0. The van der Waals surface area contributed by atoms with Crippen LogP contribution in [0.2, 0.25) is 0 Å². The van der Waals surface area contributed by atoms with Gasteiger partial charge in [-0.05, 0) is 30.9 Å². The number of β-lactam (4-membered cyclic amide) rings is 1. The maximum absolute atomic E-state index is 12.2. The van der Waals surface area contributed by atoms with E-state index in [2.05, 4.69) is 9.69 Å². The van der Waals surface area contributed by atoms with Crippen LogP contribution in [-0.2, 0) is 20.8 Å². The van der Waals surface area contributed by atoms with E-state index < -0.39 is 22.8 Å². The van der Waals surface area contributed by atoms with Crippen LogP contribution in [0.5, 0.6) is 0 Å². The molecule has 0 bridgehead atoms. The number of amides is 2. The van der Waals surface area contributed by atoms with Crippen molar-refractivity contribution in [3.8, 4) is 0 Å². The van der Waals surface area contributed by atoms with Crippen LogP contribution < -0.4 is 61.8 Å². The third-order valence-corrected chi connectivity index (χ3v) is 6.04. The van der Waals surface area contributed by atoms with E-state index in [9.17, 15) is 19.5 Å². The van der Waals surface area contributed by atoms with E-state index in [1.54, 1.807) is 25.4 Å². The molecule has 0 unspecified atom stereocenters. The molecule has 0 saturated carbocycles. The molecular formula is C13H14KN3O4S2. The molecule has 118 valence electrons. The second-order valence-electron chi connectivity index (χ2n) is 5.83. The van der Waals surface area contributed by atoms with Crippen LogP contribution in [-0.4, -0.2) is 49.3 Å². The Balaban J connectivity index is 0.00000192. The first-order valence-corrected chi connectivity index (χ1v) is 8.41. The second kappa shape index (κ2) is 7.10. The van der Waals surface area contributed by atoms with E-state index in [0.717, 1.165) is 5.56 Å². The Morgan fingerprint density at radius 2 is 2.17 bits per heavy atom. The molecule has 3 heterocycles. The number of carbonyl (C=O) groups excluding carboxylic acids is 3. The van der Waals surface area contributed by atoms with Crippen molar-refractivity contribution in [3.63, 3.8) is 0 Å². The number of nitrogens with zero attached hydrogens (tertiary/aromatic N) is 2. The van der Waals surface area contributed by atoms with Gasteiger partial charge in [0, 0.05) is 16.3 Å². The number of nitrogens with one attached hydrogen (secondary N) is 1. The number of carboxylic acids is 1. The van der Waals surface area contributed by atoms with Crippen molar-refractivity contribution in [2.75, 3.05) is 0 Å². The number of carbonyl (C=O) groups is 3. The third-order valence-electron chi connectivity index (χ3n) is 3.83. The van der Waals surface area contributed by atoms with Crippen molar-refractivity contribution in [2.24, 2.45) is 0 Å². The van der Waals surface area contributed by atoms with Gasteiger partial charge in [-0.3, -0.25) is 9.59 Å². The smallest absolute Gasteiger partial charge is 0.548 e. The van der Waals surface area contributed by atoms with Crippen LogP contribution in [0.15, 0.2) is 11.6 Å². The van der Waals surface area contributed by atoms with Crippen LogP contribution in [0.1, 0.15) is 19.4 Å². The van der Waals surface area contributed by atoms with Crippen molar-refractivity contribution in [1.29, 1.82) is 0 Å². The summed E-state index contributed by atoms with van der Waals surface area (Å²) in [6.07, 6.45) is 1.77. The van der Waals surface area contributed by atoms with E-state index in [-0.39, 0.29) is 75.0 Å². The molecule has 1 aromatic heterocycles. The first-order chi connectivity index (χ1) is 10.3. The summed E-state index contributed by atoms with van der Waals surface area (Å²) >= 11 is 2.63. The molecule has 2 saturated heterocycles. The number of hydrogen-bond acceptors (Lipinski definition) is 7. The minimum Gasteiger partial charge on any atom is -0.548 e. The predicted molar refractivity (Wildman–Crippen MR) is 78.8 cm³/mol. The van der Waals surface area contributed by atoms with Crippen molar-refractivity contribution in [3.05, 3.63) is 17.1 Å². The summed E-state index contributed by atoms with van der Waals surface area (Å²) in [5.41, 5.74) is 0.790. The average molecular weight is 380 g/mol. The zero-order valence-corrected chi connectivity index (χ0v) is 17.7. The fourth-order valence-electron chi connectivity index (χ4n) is 2.85. The van der Waals surface area contributed by atoms with Gasteiger partial charge in [-0.15, -0.1) is 11.8 Å². The summed E-state index contributed by atoms with van der Waals surface area (Å²) in [5, 5.41) is 15.4. The molecule has 3 rings (SSSR count). The SMILES string of the molecule is CC1(C)S[C@@H]2[C@H](NC(=O)Cc3cnsc3)C(=O)N2[C@H]1C(=O)[O-].[K+]. The normalized spacial score (nSPS) is 27.7. The van der Waals surface area contributed by atoms with Crippen molar-refractivity contribution in [2.45, 2.75) is 42.5 Å². The molecule has 0 radical (unpaired) electrons. The molecule has 7 nitrogen and oxygen atoms in total. The second-order valence-corrected chi connectivity index (χ2v) is 8.26. The number of thioether (sulfide) groups is 1. The van der Waals surface area contributed by atoms with E-state index in [0.29, 0.717) is 0 Å². The molecule has 0 aliphatic carbocycles. The summed E-state index contributed by atoms with van der Waals surface area (Å²) in [6.45, 7) is 3.53. The van der Waals surface area contributed by atoms with E-state index in [1.807, 2.05) is 0 Å². The third kappa shape index (κ3) is 3.53. The first-order valence-electron chi connectivity index (χ1n) is 6.70. The minimum absolute atomic E-state index is 0. The fraction of sp³-hybridized carbons (Fsp3) is 0.538. The van der Waals surface area contributed by atoms with E-state index in [1.165, 1.54) is 28.2 Å². The largest absolute Gasteiger partial charge is 1.00 e. The van der Waals surface area contributed by atoms with Crippen LogP contribution in [0.25, 0.3) is 0 Å². The van der Waals surface area contributed by atoms with Crippen molar-refractivity contribution >= 4 is 41.1 Å². The molecule has 0 spiro atoms. The summed E-state index contributed by atoms with van der Waals surface area (Å²) < 4.78 is 3.27. The van der Waals surface area contributed by atoms with Crippen molar-refractivity contribution < 1.29 is 70.9 Å². The quantitative estimate of drug-likeness (QED) is 0.422. The maximum atomic E-state index is 12.2. The molecule has 2 aliphatic heterocycles. The topological polar surface area (TPSA) is 102 Å². The Bertz CT molecular complexity index is 637. The Kier molecular flexibility index (Phi) is 5.98. The van der Waals surface area contributed by atoms with Gasteiger partial charge in [-0.25, -0.2) is 4.37 Å². The Morgan fingerprint density at radius 1 is 1.48 bits per heavy atom. The molecule has 2 fully saturated rings. The molecule has 1 aromatic rings. The Hall–Kier alpha value is 0.0264. The van der Waals surface area contributed by atoms with Crippen LogP contribution in [0.4, 0.5) is 0 Å². The van der Waals surface area contributed by atoms with Gasteiger partial charge in [-0.1, -0.05) is 0 Å². The number of carboxylic acid groups (broad SMARTS) is 1. The number of aromatic nitrogens is 1. The Morgan fingerprint density at radius 3 is 2.74 bits per heavy atom. The standard InChI is InChI=1S/C13H15N3O4S2.K/c1-13(2)9(12(19)20)16-10(18)8(11(16)22-13)15-7(17)3-6-4-14-21-5-6;/h4-5,8-9,11H,3H2,1-2H3,(H,15,17)(H,19,20);/q;+1/p-1/t8-,9+,11-;/m1./s1. The predicted octanol–water partition coefficient (Wildman–Crippen LogP) is -4.01. The number of hydrogen-bond donors (Lipinski definition) is 1. The number of aliphatic carboxylic acids is 1. The summed E-state index contributed by atoms with van der Waals surface area (Å²) in [4.78, 5) is 36.7. The number of rotatable bonds is 4. The van der Waals surface area contributed by atoms with Gasteiger partial charge in [-0.2, -0.15) is 0 Å². The molecule has 10 heteroatoms. The van der Waals surface area contributed by atoms with Crippen LogP contribution in [0.3, 0.4) is 0 Å². The van der Waals surface area contributed by atoms with Gasteiger partial charge in [0.2, 0.25) is 11.8 Å². The van der Waals surface area contributed by atoms with Gasteiger partial charge in [0.25, 0.3) is 0 Å². The zero-order valence-electron chi connectivity index (χ0n) is 12.9. The monoisotopic (exact) mass is 379 g/mol.